The van der Waals surface area contributed by atoms with Crippen molar-refractivity contribution in [3.63, 3.8) is 0 Å². The molecule has 6 aromatic carbocycles. The second-order valence-corrected chi connectivity index (χ2v) is 22.9. The summed E-state index contributed by atoms with van der Waals surface area (Å²) in [6.45, 7) is 0.153. The highest BCUT2D eigenvalue weighted by molar-refractivity contribution is 7.91. The van der Waals surface area contributed by atoms with Crippen molar-refractivity contribution in [2.75, 3.05) is 28.3 Å². The van der Waals surface area contributed by atoms with E-state index in [0.29, 0.717) is 17.9 Å². The van der Waals surface area contributed by atoms with Crippen molar-refractivity contribution in [1.82, 2.24) is 20.2 Å². The number of hydrogen-bond donors (Lipinski definition) is 10. The van der Waals surface area contributed by atoms with Gasteiger partial charge in [-0.25, -0.2) is 8.42 Å². The van der Waals surface area contributed by atoms with Crippen LogP contribution in [0.1, 0.15) is 21.5 Å². The number of amidine groups is 1. The zero-order chi connectivity index (χ0) is 56.9. The number of sulfone groups is 1. The number of aryl methyl sites for hydroxylation is 1. The van der Waals surface area contributed by atoms with Gasteiger partial charge in [-0.15, -0.1) is 20.5 Å². The molecule has 0 aliphatic rings. The van der Waals surface area contributed by atoms with Crippen LogP contribution in [0.3, 0.4) is 0 Å². The van der Waals surface area contributed by atoms with Crippen LogP contribution >= 0.6 is 11.6 Å². The highest BCUT2D eigenvalue weighted by Crippen LogP contribution is 2.43. The number of phenolic OH excluding ortho intramolecular Hbond substituents is 3. The predicted molar refractivity (Wildman–Crippen MR) is 288 cm³/mol. The van der Waals surface area contributed by atoms with Crippen LogP contribution in [0.25, 0.3) is 10.8 Å². The molecule has 0 atom stereocenters. The first-order chi connectivity index (χ1) is 36.6. The number of phenols is 3. The van der Waals surface area contributed by atoms with Crippen molar-refractivity contribution in [2.24, 2.45) is 25.6 Å². The Balaban J connectivity index is 1.09. The van der Waals surface area contributed by atoms with E-state index in [1.165, 1.54) is 0 Å². The maximum absolute atomic E-state index is 13.6. The van der Waals surface area contributed by atoms with Gasteiger partial charge in [0.15, 0.2) is 27.6 Å². The van der Waals surface area contributed by atoms with Gasteiger partial charge in [0.25, 0.3) is 37.2 Å². The molecular weight excluding hydrogens is 1120 g/mol. The highest BCUT2D eigenvalue weighted by atomic mass is 35.5. The lowest BCUT2D eigenvalue weighted by Gasteiger charge is -2.20. The molecular formula is C42H35B4ClN12O15S4. The smallest absolute Gasteiger partial charge is 0.298 e. The quantitative estimate of drug-likeness (QED) is 0.00681. The maximum Gasteiger partial charge on any atom is 0.298 e. The molecule has 0 saturated carbocycles. The number of fused-ring (bicyclic) bond motifs is 1. The second-order valence-electron chi connectivity index (χ2n) is 16.2. The van der Waals surface area contributed by atoms with Gasteiger partial charge in [0.1, 0.15) is 27.7 Å². The number of aromatic hydroxyl groups is 3. The second kappa shape index (κ2) is 23.4. The molecule has 4 radical (unpaired) electrons. The fraction of sp³-hybridized carbons (Fsp3) is 0.0714. The Labute approximate surface area is 451 Å². The lowest BCUT2D eigenvalue weighted by Crippen LogP contribution is -2.56. The molecule has 78 heavy (non-hydrogen) atoms. The Hall–Kier alpha value is -7.88. The van der Waals surface area contributed by atoms with Crippen molar-refractivity contribution in [1.29, 1.82) is 0 Å². The Morgan fingerprint density at radius 3 is 2.05 bits per heavy atom. The summed E-state index contributed by atoms with van der Waals surface area (Å²) in [5.41, 5.74) is 2.11. The third-order valence-electron chi connectivity index (χ3n) is 10.7. The fourth-order valence-corrected chi connectivity index (χ4v) is 9.89. The molecule has 0 spiro atoms. The van der Waals surface area contributed by atoms with Gasteiger partial charge in [0.2, 0.25) is 23.0 Å². The van der Waals surface area contributed by atoms with Crippen LogP contribution in [0, 0.1) is 6.92 Å². The van der Waals surface area contributed by atoms with Gasteiger partial charge in [0.05, 0.1) is 38.2 Å². The number of carbonyl (C=O) groups is 1. The van der Waals surface area contributed by atoms with Crippen LogP contribution in [0.5, 0.6) is 17.2 Å². The SMILES string of the molecule is [B]B([B])B(NCCS(=O)(=O)c1ccc(O)c(N=Nc2c(O)c(S(=O)(=O)O)cc3cc(S(=O)(=O)O)ccc23)c1)Nc1nc(Cl)nc(Nc2cc(S(=O)(=O)O)cc(N/N=C(\N=Nc3cc(C)ccc3C=O)c3ccccc3)c2O)n1. The highest BCUT2D eigenvalue weighted by Gasteiger charge is 2.26. The summed E-state index contributed by atoms with van der Waals surface area (Å²) in [5, 5.41) is 60.1. The number of nitrogens with one attached hydrogen (secondary N) is 4. The molecule has 10 N–H and O–H groups in total. The molecule has 7 aromatic rings. The number of aromatic nitrogens is 3. The predicted octanol–water partition coefficient (Wildman–Crippen LogP) is 5.24. The topological polar surface area (TPSA) is 424 Å². The van der Waals surface area contributed by atoms with Gasteiger partial charge >= 0.3 is 0 Å². The first-order valence-electron chi connectivity index (χ1n) is 21.7. The van der Waals surface area contributed by atoms with Crippen LogP contribution in [0.4, 0.5) is 40.3 Å². The molecule has 396 valence electrons. The number of halogens is 1. The molecule has 0 amide bonds. The first-order valence-corrected chi connectivity index (χ1v) is 28.1. The zero-order valence-electron chi connectivity index (χ0n) is 39.6. The van der Waals surface area contributed by atoms with Crippen LogP contribution in [-0.2, 0) is 40.2 Å². The van der Waals surface area contributed by atoms with Crippen LogP contribution in [0.15, 0.2) is 148 Å². The van der Waals surface area contributed by atoms with Crippen molar-refractivity contribution < 1.29 is 67.4 Å². The number of aldehydes is 1. The summed E-state index contributed by atoms with van der Waals surface area (Å²) in [5.74, 6) is -4.07. The largest absolute Gasteiger partial charge is 0.506 e. The van der Waals surface area contributed by atoms with Crippen molar-refractivity contribution in [2.45, 2.75) is 26.5 Å². The molecule has 1 aromatic heterocycles. The summed E-state index contributed by atoms with van der Waals surface area (Å²) in [6, 6.07) is 21.1. The number of azo groups is 2. The average Bonchev–Trinajstić information content (AvgIpc) is 3.39. The van der Waals surface area contributed by atoms with Crippen molar-refractivity contribution >= 4 is 144 Å². The number of nitrogens with zero attached hydrogens (tertiary/aromatic N) is 8. The van der Waals surface area contributed by atoms with Crippen LogP contribution in [-0.4, -0.2) is 131 Å². The minimum atomic E-state index is -5.18. The molecule has 0 fully saturated rings. The number of benzene rings is 6. The van der Waals surface area contributed by atoms with E-state index in [4.69, 9.17) is 27.1 Å². The van der Waals surface area contributed by atoms with E-state index in [-0.39, 0.29) is 33.8 Å². The summed E-state index contributed by atoms with van der Waals surface area (Å²) in [4.78, 5) is 20.7. The number of rotatable bonds is 20. The summed E-state index contributed by atoms with van der Waals surface area (Å²) >= 11 is 6.21. The number of hydrazone groups is 1. The van der Waals surface area contributed by atoms with E-state index < -0.39 is 137 Å². The monoisotopic (exact) mass is 1150 g/mol. The van der Waals surface area contributed by atoms with Crippen molar-refractivity contribution in [3.05, 3.63) is 125 Å². The van der Waals surface area contributed by atoms with E-state index in [0.717, 1.165) is 54.1 Å². The van der Waals surface area contributed by atoms with Gasteiger partial charge in [-0.1, -0.05) is 42.5 Å². The average molecular weight is 1150 g/mol. The van der Waals surface area contributed by atoms with Gasteiger partial charge in [0, 0.05) is 38.5 Å². The Bertz CT molecular complexity index is 4080. The van der Waals surface area contributed by atoms with E-state index in [1.807, 2.05) is 0 Å². The molecule has 1 heterocycles. The summed E-state index contributed by atoms with van der Waals surface area (Å²) < 4.78 is 129. The number of hydrogen-bond acceptors (Lipinski definition) is 23. The molecule has 0 saturated heterocycles. The van der Waals surface area contributed by atoms with E-state index in [2.05, 4.69) is 61.7 Å². The third-order valence-corrected chi connectivity index (χ3v) is 15.1. The molecule has 27 nitrogen and oxygen atoms in total. The molecule has 36 heteroatoms. The minimum Gasteiger partial charge on any atom is -0.506 e. The van der Waals surface area contributed by atoms with Gasteiger partial charge in [-0.05, 0) is 90.1 Å². The third kappa shape index (κ3) is 14.2. The molecule has 0 aliphatic carbocycles. The standard InChI is InChI=1S/C42H35B4ClN12O15S4/c1-22-7-8-24(21-60)30(15-22)54-58-39(23-5-3-2-4-6-23)59-56-33-20-28(77(69,70)71)19-32(37(33)62)49-41-50-40(47)51-42(52-41)53-46(45(43)44)48-13-14-75(64,65)26-10-12-34(61)31(18-26)55-57-36-29-11-9-27(76(66,67)68)16-25(29)17-35(38(36)63)78(72,73)74/h2-12,15-21,48,56,61-63H,13-14H2,1H3,(H,66,67,68)(H,69,70,71)(H,72,73,74)(H2,49,50,51,52,53)/b57-55?,58-54?,59-39-. The van der Waals surface area contributed by atoms with Crippen LogP contribution in [0.2, 0.25) is 5.28 Å². The summed E-state index contributed by atoms with van der Waals surface area (Å²) in [7, 11) is -7.28. The van der Waals surface area contributed by atoms with Crippen LogP contribution < -0.4 is 21.2 Å². The van der Waals surface area contributed by atoms with Gasteiger partial charge in [-0.3, -0.25) is 23.9 Å². The van der Waals surface area contributed by atoms with Gasteiger partial charge < -0.3 is 31.1 Å². The number of anilines is 4. The first kappa shape index (κ1) is 57.8. The lowest BCUT2D eigenvalue weighted by molar-refractivity contribution is 0.112. The summed E-state index contributed by atoms with van der Waals surface area (Å²) in [6.07, 6.45) is -0.727. The van der Waals surface area contributed by atoms with E-state index in [1.54, 1.807) is 55.5 Å². The maximum atomic E-state index is 13.6. The van der Waals surface area contributed by atoms with Gasteiger partial charge in [-0.2, -0.15) is 45.3 Å². The Kier molecular flexibility index (Phi) is 17.3. The molecule has 0 bridgehead atoms. The van der Waals surface area contributed by atoms with Crippen molar-refractivity contribution in [3.8, 4) is 17.2 Å². The molecule has 0 aliphatic heterocycles. The van der Waals surface area contributed by atoms with E-state index in [9.17, 15) is 67.4 Å². The lowest BCUT2D eigenvalue weighted by atomic mass is 8.99. The molecule has 0 unspecified atom stereocenters. The zero-order valence-corrected chi connectivity index (χ0v) is 43.6. The fourth-order valence-electron chi connectivity index (χ4n) is 6.87. The Morgan fingerprint density at radius 2 is 1.38 bits per heavy atom. The number of carbonyl (C=O) groups excluding carboxylic acids is 1. The Morgan fingerprint density at radius 1 is 0.705 bits per heavy atom. The molecule has 7 rings (SSSR count). The minimum absolute atomic E-state index is 0.0965. The normalized spacial score (nSPS) is 12.5. The van der Waals surface area contributed by atoms with E-state index >= 15 is 0 Å².